The number of unbranched alkanes of at least 4 members (excludes halogenated alkanes) is 3. The predicted molar refractivity (Wildman–Crippen MR) is 105 cm³/mol. The van der Waals surface area contributed by atoms with Crippen LogP contribution in [0.15, 0.2) is 0 Å². The maximum atomic E-state index is 11.5. The Morgan fingerprint density at radius 3 is 1.96 bits per heavy atom. The van der Waals surface area contributed by atoms with Gasteiger partial charge in [-0.3, -0.25) is 4.79 Å². The van der Waals surface area contributed by atoms with E-state index in [1.807, 2.05) is 0 Å². The number of hydrogen-bond acceptors (Lipinski definition) is 5. The Kier molecular flexibility index (Phi) is 13.5. The average Bonchev–Trinajstić information content (AvgIpc) is 2.52. The van der Waals surface area contributed by atoms with Crippen molar-refractivity contribution in [3.63, 3.8) is 0 Å². The van der Waals surface area contributed by atoms with Gasteiger partial charge in [0.1, 0.15) is 6.61 Å². The molecule has 150 valence electrons. The maximum Gasteiger partial charge on any atom is 0.305 e. The summed E-state index contributed by atoms with van der Waals surface area (Å²) in [4.78, 5) is 11.5. The fraction of sp³-hybridized carbons (Fsp3) is 0.947. The molecule has 6 heteroatoms. The second kappa shape index (κ2) is 13.7. The minimum atomic E-state index is -1.68. The minimum absolute atomic E-state index is 0.126. The third kappa shape index (κ3) is 13.4. The standard InChI is InChI=1S/C19H40O5Si/c1-7-8-9-10-11-18(20)23-16-14-21-12-13-22-15-17-24-25(5,6)19(2,3)4/h7-17H2,1-6H3. The van der Waals surface area contributed by atoms with Gasteiger partial charge in [0.15, 0.2) is 8.32 Å². The monoisotopic (exact) mass is 376 g/mol. The lowest BCUT2D eigenvalue weighted by Gasteiger charge is -2.36. The van der Waals surface area contributed by atoms with E-state index in [-0.39, 0.29) is 11.0 Å². The highest BCUT2D eigenvalue weighted by molar-refractivity contribution is 6.74. The van der Waals surface area contributed by atoms with Crippen molar-refractivity contribution < 1.29 is 23.4 Å². The van der Waals surface area contributed by atoms with Gasteiger partial charge in [0.05, 0.1) is 33.0 Å². The molecular formula is C19H40O5Si. The molecule has 0 rings (SSSR count). The zero-order valence-electron chi connectivity index (χ0n) is 17.3. The predicted octanol–water partition coefficient (Wildman–Crippen LogP) is 4.56. The Hall–Kier alpha value is -0.433. The van der Waals surface area contributed by atoms with E-state index in [1.54, 1.807) is 0 Å². The number of rotatable bonds is 15. The van der Waals surface area contributed by atoms with Crippen LogP contribution in [-0.4, -0.2) is 53.9 Å². The summed E-state index contributed by atoms with van der Waals surface area (Å²) >= 11 is 0. The highest BCUT2D eigenvalue weighted by Gasteiger charge is 2.36. The molecule has 0 aromatic carbocycles. The van der Waals surface area contributed by atoms with E-state index in [9.17, 15) is 4.79 Å². The summed E-state index contributed by atoms with van der Waals surface area (Å²) in [6, 6.07) is 0. The zero-order chi connectivity index (χ0) is 19.2. The zero-order valence-corrected chi connectivity index (χ0v) is 18.3. The van der Waals surface area contributed by atoms with Crippen molar-refractivity contribution in [1.82, 2.24) is 0 Å². The molecule has 0 radical (unpaired) electrons. The van der Waals surface area contributed by atoms with Crippen molar-refractivity contribution in [1.29, 1.82) is 0 Å². The van der Waals surface area contributed by atoms with Crippen molar-refractivity contribution >= 4 is 14.3 Å². The van der Waals surface area contributed by atoms with E-state index in [4.69, 9.17) is 18.6 Å². The molecule has 5 nitrogen and oxygen atoms in total. The maximum absolute atomic E-state index is 11.5. The summed E-state index contributed by atoms with van der Waals surface area (Å²) in [6.07, 6.45) is 4.87. The van der Waals surface area contributed by atoms with Gasteiger partial charge in [0.2, 0.25) is 0 Å². The molecule has 0 saturated heterocycles. The van der Waals surface area contributed by atoms with Crippen LogP contribution in [0.3, 0.4) is 0 Å². The van der Waals surface area contributed by atoms with Crippen molar-refractivity contribution in [3.8, 4) is 0 Å². The van der Waals surface area contributed by atoms with Gasteiger partial charge in [-0.05, 0) is 24.6 Å². The van der Waals surface area contributed by atoms with E-state index >= 15 is 0 Å². The molecule has 0 unspecified atom stereocenters. The van der Waals surface area contributed by atoms with Crippen molar-refractivity contribution in [2.24, 2.45) is 0 Å². The lowest BCUT2D eigenvalue weighted by Crippen LogP contribution is -2.41. The first-order valence-electron chi connectivity index (χ1n) is 9.66. The van der Waals surface area contributed by atoms with Crippen LogP contribution in [0.5, 0.6) is 0 Å². The van der Waals surface area contributed by atoms with Crippen LogP contribution in [0.1, 0.15) is 59.8 Å². The summed E-state index contributed by atoms with van der Waals surface area (Å²) < 4.78 is 22.0. The molecule has 0 fully saturated rings. The number of ether oxygens (including phenoxy) is 3. The van der Waals surface area contributed by atoms with Gasteiger partial charge in [-0.25, -0.2) is 0 Å². The van der Waals surface area contributed by atoms with E-state index < -0.39 is 8.32 Å². The van der Waals surface area contributed by atoms with Gasteiger partial charge in [-0.1, -0.05) is 47.0 Å². The molecule has 0 amide bonds. The van der Waals surface area contributed by atoms with Gasteiger partial charge in [-0.2, -0.15) is 0 Å². The average molecular weight is 377 g/mol. The largest absolute Gasteiger partial charge is 0.463 e. The molecule has 0 aliphatic carbocycles. The highest BCUT2D eigenvalue weighted by Crippen LogP contribution is 2.36. The van der Waals surface area contributed by atoms with Crippen LogP contribution in [0.25, 0.3) is 0 Å². The van der Waals surface area contributed by atoms with E-state index in [0.717, 1.165) is 12.8 Å². The number of hydrogen-bond donors (Lipinski definition) is 0. The Balaban J connectivity index is 3.38. The quantitative estimate of drug-likeness (QED) is 0.238. The van der Waals surface area contributed by atoms with E-state index in [2.05, 4.69) is 40.8 Å². The molecule has 0 N–H and O–H groups in total. The number of esters is 1. The van der Waals surface area contributed by atoms with Gasteiger partial charge >= 0.3 is 5.97 Å². The molecule has 0 saturated carbocycles. The second-order valence-electron chi connectivity index (χ2n) is 7.86. The van der Waals surface area contributed by atoms with Crippen molar-refractivity contribution in [2.75, 3.05) is 39.6 Å². The smallest absolute Gasteiger partial charge is 0.305 e. The number of carbonyl (C=O) groups excluding carboxylic acids is 1. The Labute approximate surface area is 155 Å². The first kappa shape index (κ1) is 24.6. The Morgan fingerprint density at radius 2 is 1.40 bits per heavy atom. The second-order valence-corrected chi connectivity index (χ2v) is 12.7. The summed E-state index contributed by atoms with van der Waals surface area (Å²) in [7, 11) is -1.68. The van der Waals surface area contributed by atoms with E-state index in [1.165, 1.54) is 12.8 Å². The van der Waals surface area contributed by atoms with Crippen molar-refractivity contribution in [3.05, 3.63) is 0 Å². The summed E-state index contributed by atoms with van der Waals surface area (Å²) in [5.74, 6) is -0.126. The number of carbonyl (C=O) groups is 1. The van der Waals surface area contributed by atoms with E-state index in [0.29, 0.717) is 46.1 Å². The highest BCUT2D eigenvalue weighted by atomic mass is 28.4. The normalized spacial score (nSPS) is 12.4. The molecule has 0 aliphatic rings. The minimum Gasteiger partial charge on any atom is -0.463 e. The van der Waals surface area contributed by atoms with Gasteiger partial charge in [-0.15, -0.1) is 0 Å². The Bertz CT molecular complexity index is 339. The van der Waals surface area contributed by atoms with Crippen LogP contribution in [-0.2, 0) is 23.4 Å². The van der Waals surface area contributed by atoms with Crippen LogP contribution in [0, 0.1) is 0 Å². The van der Waals surface area contributed by atoms with Gasteiger partial charge in [0, 0.05) is 6.42 Å². The SMILES string of the molecule is CCCCCCC(=O)OCCOCCOCCO[Si](C)(C)C(C)(C)C. The summed E-state index contributed by atoms with van der Waals surface area (Å²) in [5, 5.41) is 0.226. The molecule has 0 aromatic rings. The third-order valence-corrected chi connectivity index (χ3v) is 9.13. The molecule has 0 aromatic heterocycles. The molecular weight excluding hydrogens is 336 g/mol. The molecule has 0 aliphatic heterocycles. The Morgan fingerprint density at radius 1 is 0.840 bits per heavy atom. The van der Waals surface area contributed by atoms with Crippen molar-refractivity contribution in [2.45, 2.75) is 77.9 Å². The van der Waals surface area contributed by atoms with Gasteiger partial charge < -0.3 is 18.6 Å². The first-order chi connectivity index (χ1) is 11.7. The van der Waals surface area contributed by atoms with Gasteiger partial charge in [0.25, 0.3) is 0 Å². The lowest BCUT2D eigenvalue weighted by atomic mass is 10.2. The van der Waals surface area contributed by atoms with Crippen LogP contribution in [0.4, 0.5) is 0 Å². The summed E-state index contributed by atoms with van der Waals surface area (Å²) in [5.41, 5.74) is 0. The van der Waals surface area contributed by atoms with Crippen LogP contribution < -0.4 is 0 Å². The topological polar surface area (TPSA) is 54.0 Å². The fourth-order valence-electron chi connectivity index (χ4n) is 1.88. The first-order valence-corrected chi connectivity index (χ1v) is 12.6. The van der Waals surface area contributed by atoms with Crippen LogP contribution in [0.2, 0.25) is 18.1 Å². The molecule has 0 heterocycles. The molecule has 25 heavy (non-hydrogen) atoms. The summed E-state index contributed by atoms with van der Waals surface area (Å²) in [6.45, 7) is 16.3. The lowest BCUT2D eigenvalue weighted by molar-refractivity contribution is -0.145. The third-order valence-electron chi connectivity index (χ3n) is 4.59. The fourth-order valence-corrected chi connectivity index (χ4v) is 2.90. The molecule has 0 spiro atoms. The molecule has 0 atom stereocenters. The molecule has 0 bridgehead atoms. The van der Waals surface area contributed by atoms with Crippen LogP contribution >= 0.6 is 0 Å².